The van der Waals surface area contributed by atoms with Crippen molar-refractivity contribution in [3.63, 3.8) is 0 Å². The number of ether oxygens (including phenoxy) is 1. The topological polar surface area (TPSA) is 92.9 Å². The number of furan rings is 1. The number of ketones is 1. The van der Waals surface area contributed by atoms with Gasteiger partial charge in [-0.05, 0) is 35.9 Å². The molecule has 4 aromatic rings. The zero-order chi connectivity index (χ0) is 22.2. The minimum absolute atomic E-state index is 0.0383. The van der Waals surface area contributed by atoms with Gasteiger partial charge in [0.2, 0.25) is 5.78 Å². The fourth-order valence-electron chi connectivity index (χ4n) is 3.99. The first-order chi connectivity index (χ1) is 15.6. The summed E-state index contributed by atoms with van der Waals surface area (Å²) < 4.78 is 11.2. The van der Waals surface area contributed by atoms with E-state index in [0.29, 0.717) is 22.6 Å². The maximum absolute atomic E-state index is 13.5. The van der Waals surface area contributed by atoms with Crippen molar-refractivity contribution in [1.82, 2.24) is 4.98 Å². The minimum Gasteiger partial charge on any atom is -0.503 e. The van der Waals surface area contributed by atoms with Crippen molar-refractivity contribution in [2.45, 2.75) is 6.04 Å². The van der Waals surface area contributed by atoms with Crippen LogP contribution >= 0.6 is 0 Å². The van der Waals surface area contributed by atoms with Gasteiger partial charge in [0, 0.05) is 17.8 Å². The number of para-hydroxylation sites is 3. The van der Waals surface area contributed by atoms with Gasteiger partial charge in [0.05, 0.1) is 24.4 Å². The van der Waals surface area contributed by atoms with Gasteiger partial charge >= 0.3 is 0 Å². The molecule has 0 spiro atoms. The van der Waals surface area contributed by atoms with Crippen LogP contribution in [0.1, 0.15) is 22.2 Å². The minimum atomic E-state index is -0.909. The van der Waals surface area contributed by atoms with Crippen LogP contribution in [0, 0.1) is 0 Å². The van der Waals surface area contributed by atoms with E-state index in [1.54, 1.807) is 67.0 Å². The van der Waals surface area contributed by atoms with Crippen molar-refractivity contribution >= 4 is 28.3 Å². The van der Waals surface area contributed by atoms with Gasteiger partial charge in [-0.2, -0.15) is 0 Å². The molecule has 1 N–H and O–H groups in total. The van der Waals surface area contributed by atoms with Gasteiger partial charge in [0.1, 0.15) is 11.3 Å². The molecule has 1 aliphatic heterocycles. The van der Waals surface area contributed by atoms with E-state index in [1.807, 2.05) is 12.1 Å². The van der Waals surface area contributed by atoms with Crippen molar-refractivity contribution in [3.8, 4) is 5.75 Å². The summed E-state index contributed by atoms with van der Waals surface area (Å²) in [7, 11) is 1.49. The number of fused-ring (bicyclic) bond motifs is 1. The number of carbonyl (C=O) groups is 2. The first kappa shape index (κ1) is 19.6. The molecule has 2 aromatic heterocycles. The Morgan fingerprint density at radius 2 is 1.88 bits per heavy atom. The van der Waals surface area contributed by atoms with Crippen LogP contribution in [0.3, 0.4) is 0 Å². The number of aliphatic hydroxyl groups is 1. The number of carbonyl (C=O) groups excluding carboxylic acids is 2. The second-order valence-corrected chi connectivity index (χ2v) is 7.28. The lowest BCUT2D eigenvalue weighted by molar-refractivity contribution is -0.117. The average molecular weight is 426 g/mol. The zero-order valence-electron chi connectivity index (χ0n) is 17.1. The summed E-state index contributed by atoms with van der Waals surface area (Å²) in [6.07, 6.45) is 3.16. The van der Waals surface area contributed by atoms with E-state index in [-0.39, 0.29) is 11.3 Å². The van der Waals surface area contributed by atoms with Crippen LogP contribution in [0.5, 0.6) is 5.75 Å². The van der Waals surface area contributed by atoms with E-state index >= 15 is 0 Å². The summed E-state index contributed by atoms with van der Waals surface area (Å²) >= 11 is 0. The van der Waals surface area contributed by atoms with Crippen molar-refractivity contribution in [2.75, 3.05) is 12.0 Å². The highest BCUT2D eigenvalue weighted by Gasteiger charge is 2.46. The highest BCUT2D eigenvalue weighted by molar-refractivity contribution is 6.21. The number of amides is 1. The van der Waals surface area contributed by atoms with Gasteiger partial charge in [-0.1, -0.05) is 36.4 Å². The summed E-state index contributed by atoms with van der Waals surface area (Å²) in [4.78, 5) is 32.3. The van der Waals surface area contributed by atoms with Crippen LogP contribution in [-0.2, 0) is 4.79 Å². The molecule has 0 saturated heterocycles. The molecule has 2 aromatic carbocycles. The van der Waals surface area contributed by atoms with E-state index in [0.717, 1.165) is 5.39 Å². The molecule has 7 heteroatoms. The Balaban J connectivity index is 1.68. The molecule has 32 heavy (non-hydrogen) atoms. The molecule has 0 radical (unpaired) electrons. The highest BCUT2D eigenvalue weighted by atomic mass is 16.5. The molecule has 7 nitrogen and oxygen atoms in total. The number of benzene rings is 2. The van der Waals surface area contributed by atoms with E-state index in [9.17, 15) is 14.7 Å². The Morgan fingerprint density at radius 1 is 1.09 bits per heavy atom. The number of hydrogen-bond donors (Lipinski definition) is 1. The molecule has 0 aliphatic carbocycles. The summed E-state index contributed by atoms with van der Waals surface area (Å²) in [5.41, 5.74) is 1.45. The molecule has 0 saturated carbocycles. The molecule has 5 rings (SSSR count). The molecule has 1 aliphatic rings. The molecule has 158 valence electrons. The molecular weight excluding hydrogens is 408 g/mol. The third-order valence-electron chi connectivity index (χ3n) is 5.45. The maximum atomic E-state index is 13.5. The Morgan fingerprint density at radius 3 is 2.62 bits per heavy atom. The van der Waals surface area contributed by atoms with Gasteiger partial charge in [0.15, 0.2) is 11.5 Å². The average Bonchev–Trinajstić information content (AvgIpc) is 3.38. The third kappa shape index (κ3) is 3.02. The number of methoxy groups -OCH3 is 1. The molecule has 1 atom stereocenters. The van der Waals surface area contributed by atoms with Gasteiger partial charge in [-0.15, -0.1) is 0 Å². The quantitative estimate of drug-likeness (QED) is 0.468. The highest BCUT2D eigenvalue weighted by Crippen LogP contribution is 2.44. The normalized spacial score (nSPS) is 16.1. The molecule has 1 unspecified atom stereocenters. The summed E-state index contributed by atoms with van der Waals surface area (Å²) in [6.45, 7) is 0. The van der Waals surface area contributed by atoms with E-state index < -0.39 is 23.5 Å². The Hall–Kier alpha value is -4.39. The number of anilines is 1. The lowest BCUT2D eigenvalue weighted by atomic mass is 9.96. The van der Waals surface area contributed by atoms with Crippen molar-refractivity contribution < 1.29 is 23.8 Å². The van der Waals surface area contributed by atoms with Gasteiger partial charge in [-0.25, -0.2) is 0 Å². The third-order valence-corrected chi connectivity index (χ3v) is 5.45. The Kier molecular flexibility index (Phi) is 4.71. The van der Waals surface area contributed by atoms with Gasteiger partial charge in [0.25, 0.3) is 5.91 Å². The van der Waals surface area contributed by atoms with E-state index in [2.05, 4.69) is 4.98 Å². The number of pyridine rings is 1. The monoisotopic (exact) mass is 426 g/mol. The van der Waals surface area contributed by atoms with E-state index in [4.69, 9.17) is 9.15 Å². The number of hydrogen-bond acceptors (Lipinski definition) is 6. The number of rotatable bonds is 5. The predicted octanol–water partition coefficient (Wildman–Crippen LogP) is 4.62. The number of aliphatic hydroxyl groups excluding tert-OH is 1. The van der Waals surface area contributed by atoms with Crippen molar-refractivity contribution in [3.05, 3.63) is 102 Å². The summed E-state index contributed by atoms with van der Waals surface area (Å²) in [6, 6.07) is 18.3. The lowest BCUT2D eigenvalue weighted by Crippen LogP contribution is -2.31. The fraction of sp³-hybridized carbons (Fsp3) is 0.0800. The number of nitrogens with zero attached hydrogens (tertiary/aromatic N) is 2. The Bertz CT molecular complexity index is 1340. The molecule has 0 bridgehead atoms. The standard InChI is InChI=1S/C25H18N2O5/c1-31-19-11-5-3-9-17(19)27-22(16-8-6-12-26-14-16)21(24(29)25(27)30)23(28)20-13-15-7-2-4-10-18(15)32-20/h2-14,22,29H,1H3. The second kappa shape index (κ2) is 7.70. The van der Waals surface area contributed by atoms with Crippen LogP contribution in [0.2, 0.25) is 0 Å². The van der Waals surface area contributed by atoms with E-state index in [1.165, 1.54) is 12.0 Å². The number of aromatic nitrogens is 1. The first-order valence-corrected chi connectivity index (χ1v) is 9.93. The van der Waals surface area contributed by atoms with Gasteiger partial charge < -0.3 is 14.3 Å². The van der Waals surface area contributed by atoms with Crippen LogP contribution in [0.25, 0.3) is 11.0 Å². The fourth-order valence-corrected chi connectivity index (χ4v) is 3.99. The van der Waals surface area contributed by atoms with Gasteiger partial charge in [-0.3, -0.25) is 19.5 Å². The van der Waals surface area contributed by atoms with Crippen LogP contribution in [0.4, 0.5) is 5.69 Å². The smallest absolute Gasteiger partial charge is 0.294 e. The maximum Gasteiger partial charge on any atom is 0.294 e. The SMILES string of the molecule is COc1ccccc1N1C(=O)C(O)=C(C(=O)c2cc3ccccc3o2)C1c1cccnc1. The van der Waals surface area contributed by atoms with Crippen LogP contribution in [-0.4, -0.2) is 28.9 Å². The molecule has 0 fully saturated rings. The zero-order valence-corrected chi connectivity index (χ0v) is 17.1. The first-order valence-electron chi connectivity index (χ1n) is 9.93. The molecule has 1 amide bonds. The number of Topliss-reactive ketones (excluding diaryl/α,β-unsaturated/α-hetero) is 1. The van der Waals surface area contributed by atoms with Crippen molar-refractivity contribution in [1.29, 1.82) is 0 Å². The molecular formula is C25H18N2O5. The predicted molar refractivity (Wildman–Crippen MR) is 118 cm³/mol. The van der Waals surface area contributed by atoms with Crippen LogP contribution in [0.15, 0.2) is 94.9 Å². The summed E-state index contributed by atoms with van der Waals surface area (Å²) in [5.74, 6) is -1.44. The second-order valence-electron chi connectivity index (χ2n) is 7.28. The lowest BCUT2D eigenvalue weighted by Gasteiger charge is -2.27. The molecule has 3 heterocycles. The summed E-state index contributed by atoms with van der Waals surface area (Å²) in [5, 5.41) is 11.6. The Labute approximate surface area is 183 Å². The van der Waals surface area contributed by atoms with Crippen LogP contribution < -0.4 is 9.64 Å². The van der Waals surface area contributed by atoms with Crippen molar-refractivity contribution in [2.24, 2.45) is 0 Å². The largest absolute Gasteiger partial charge is 0.503 e.